The molecule has 0 spiro atoms. The van der Waals surface area contributed by atoms with Crippen molar-refractivity contribution in [2.45, 2.75) is 25.7 Å². The number of hydrogen-bond donors (Lipinski definition) is 3. The maximum atomic E-state index is 12.2. The number of aromatic amines is 1. The number of nitro groups is 1. The predicted octanol–water partition coefficient (Wildman–Crippen LogP) is 1.10. The van der Waals surface area contributed by atoms with E-state index in [1.165, 1.54) is 0 Å². The van der Waals surface area contributed by atoms with Crippen molar-refractivity contribution in [2.75, 3.05) is 24.6 Å². The summed E-state index contributed by atoms with van der Waals surface area (Å²) >= 11 is 0. The monoisotopic (exact) mass is 375 g/mol. The zero-order valence-electron chi connectivity index (χ0n) is 14.8. The van der Waals surface area contributed by atoms with Crippen LogP contribution in [0.1, 0.15) is 40.7 Å². The van der Waals surface area contributed by atoms with Crippen LogP contribution in [-0.2, 0) is 11.2 Å². The molecule has 27 heavy (non-hydrogen) atoms. The van der Waals surface area contributed by atoms with Gasteiger partial charge in [-0.05, 0) is 31.4 Å². The highest BCUT2D eigenvalue weighted by atomic mass is 16.6. The number of nitrogens with zero attached hydrogens (tertiary/aromatic N) is 2. The highest BCUT2D eigenvalue weighted by Crippen LogP contribution is 2.24. The molecular weight excluding hydrogens is 354 g/mol. The smallest absolute Gasteiger partial charge is 0.338 e. The van der Waals surface area contributed by atoms with E-state index in [9.17, 15) is 19.7 Å². The molecule has 0 bridgehead atoms. The van der Waals surface area contributed by atoms with Gasteiger partial charge in [-0.3, -0.25) is 19.9 Å². The van der Waals surface area contributed by atoms with Crippen molar-refractivity contribution in [3.8, 4) is 0 Å². The SMILES string of the molecule is CCOC(=O)c1ccccc1CCC(C[N+](=O)[O-])c1c(N)nc(N)[nH]c1=O. The van der Waals surface area contributed by atoms with Crippen molar-refractivity contribution in [3.63, 3.8) is 0 Å². The minimum absolute atomic E-state index is 0.0227. The van der Waals surface area contributed by atoms with Gasteiger partial charge in [0.2, 0.25) is 12.5 Å². The van der Waals surface area contributed by atoms with Gasteiger partial charge in [-0.1, -0.05) is 18.2 Å². The first-order chi connectivity index (χ1) is 12.8. The normalized spacial score (nSPS) is 11.7. The largest absolute Gasteiger partial charge is 0.462 e. The molecule has 0 radical (unpaired) electrons. The number of hydrogen-bond acceptors (Lipinski definition) is 8. The molecule has 0 aliphatic heterocycles. The molecule has 2 aromatic rings. The summed E-state index contributed by atoms with van der Waals surface area (Å²) in [5.74, 6) is -1.55. The summed E-state index contributed by atoms with van der Waals surface area (Å²) in [6.07, 6.45) is 0.535. The van der Waals surface area contributed by atoms with Crippen molar-refractivity contribution in [3.05, 3.63) is 61.4 Å². The summed E-state index contributed by atoms with van der Waals surface area (Å²) in [6.45, 7) is 1.44. The third-order valence-corrected chi connectivity index (χ3v) is 4.06. The molecule has 144 valence electrons. The van der Waals surface area contributed by atoms with E-state index >= 15 is 0 Å². The fraction of sp³-hybridized carbons (Fsp3) is 0.353. The first-order valence-corrected chi connectivity index (χ1v) is 8.35. The number of anilines is 2. The Balaban J connectivity index is 2.31. The molecule has 10 nitrogen and oxygen atoms in total. The standard InChI is InChI=1S/C17H21N5O5/c1-2-27-16(24)12-6-4-3-5-10(12)7-8-11(9-22(25)26)13-14(18)20-17(19)21-15(13)23/h3-6,11H,2,7-9H2,1H3,(H5,18,19,20,21,23). The van der Waals surface area contributed by atoms with Crippen molar-refractivity contribution < 1.29 is 14.5 Å². The Kier molecular flexibility index (Phi) is 6.47. The van der Waals surface area contributed by atoms with Gasteiger partial charge in [0.05, 0.1) is 23.7 Å². The fourth-order valence-corrected chi connectivity index (χ4v) is 2.90. The molecule has 1 heterocycles. The number of rotatable bonds is 8. The molecule has 0 saturated carbocycles. The van der Waals surface area contributed by atoms with Gasteiger partial charge in [0.15, 0.2) is 0 Å². The molecule has 2 rings (SSSR count). The van der Waals surface area contributed by atoms with Gasteiger partial charge in [-0.25, -0.2) is 4.79 Å². The maximum Gasteiger partial charge on any atom is 0.338 e. The summed E-state index contributed by atoms with van der Waals surface area (Å²) in [7, 11) is 0. The van der Waals surface area contributed by atoms with E-state index < -0.39 is 28.9 Å². The fourth-order valence-electron chi connectivity index (χ4n) is 2.90. The third kappa shape index (κ3) is 5.03. The Morgan fingerprint density at radius 1 is 1.37 bits per heavy atom. The van der Waals surface area contributed by atoms with Gasteiger partial charge in [0.25, 0.3) is 5.56 Å². The van der Waals surface area contributed by atoms with Gasteiger partial charge < -0.3 is 16.2 Å². The van der Waals surface area contributed by atoms with Crippen molar-refractivity contribution in [1.82, 2.24) is 9.97 Å². The number of nitrogens with two attached hydrogens (primary N) is 2. The van der Waals surface area contributed by atoms with Gasteiger partial charge in [-0.2, -0.15) is 4.98 Å². The summed E-state index contributed by atoms with van der Waals surface area (Å²) in [4.78, 5) is 40.9. The predicted molar refractivity (Wildman–Crippen MR) is 99.0 cm³/mol. The second-order valence-electron chi connectivity index (χ2n) is 5.88. The Morgan fingerprint density at radius 3 is 2.70 bits per heavy atom. The van der Waals surface area contributed by atoms with Gasteiger partial charge in [0, 0.05) is 4.92 Å². The molecule has 0 aliphatic rings. The second kappa shape index (κ2) is 8.79. The van der Waals surface area contributed by atoms with Crippen LogP contribution in [0.25, 0.3) is 0 Å². The van der Waals surface area contributed by atoms with Crippen molar-refractivity contribution in [2.24, 2.45) is 0 Å². The van der Waals surface area contributed by atoms with Gasteiger partial charge >= 0.3 is 5.97 Å². The zero-order chi connectivity index (χ0) is 20.0. The highest BCUT2D eigenvalue weighted by molar-refractivity contribution is 5.91. The molecule has 1 aromatic carbocycles. The molecule has 1 atom stereocenters. The number of ether oxygens (including phenoxy) is 1. The average Bonchev–Trinajstić information content (AvgIpc) is 2.58. The van der Waals surface area contributed by atoms with E-state index in [0.29, 0.717) is 17.5 Å². The summed E-state index contributed by atoms with van der Waals surface area (Å²) < 4.78 is 5.03. The minimum Gasteiger partial charge on any atom is -0.462 e. The van der Waals surface area contributed by atoms with E-state index in [4.69, 9.17) is 16.2 Å². The number of carbonyl (C=O) groups excluding carboxylic acids is 1. The molecule has 0 fully saturated rings. The Hall–Kier alpha value is -3.43. The minimum atomic E-state index is -0.785. The van der Waals surface area contributed by atoms with Gasteiger partial charge in [0.1, 0.15) is 5.82 Å². The lowest BCUT2D eigenvalue weighted by Crippen LogP contribution is -2.26. The molecule has 1 aromatic heterocycles. The average molecular weight is 375 g/mol. The van der Waals surface area contributed by atoms with Crippen LogP contribution < -0.4 is 17.0 Å². The second-order valence-corrected chi connectivity index (χ2v) is 5.88. The van der Waals surface area contributed by atoms with E-state index in [0.717, 1.165) is 0 Å². The van der Waals surface area contributed by atoms with Crippen LogP contribution in [0, 0.1) is 10.1 Å². The van der Waals surface area contributed by atoms with Crippen LogP contribution in [0.2, 0.25) is 0 Å². The molecule has 1 unspecified atom stereocenters. The van der Waals surface area contributed by atoms with Crippen LogP contribution in [-0.4, -0.2) is 34.0 Å². The topological polar surface area (TPSA) is 167 Å². The lowest BCUT2D eigenvalue weighted by molar-refractivity contribution is -0.483. The van der Waals surface area contributed by atoms with E-state index in [1.807, 2.05) is 0 Å². The lowest BCUT2D eigenvalue weighted by Gasteiger charge is -2.15. The van der Waals surface area contributed by atoms with Crippen LogP contribution in [0.3, 0.4) is 0 Å². The molecule has 10 heteroatoms. The molecule has 0 amide bonds. The Morgan fingerprint density at radius 2 is 2.07 bits per heavy atom. The number of aryl methyl sites for hydroxylation is 1. The number of nitrogens with one attached hydrogen (secondary N) is 1. The number of carbonyl (C=O) groups is 1. The van der Waals surface area contributed by atoms with Crippen LogP contribution in [0.5, 0.6) is 0 Å². The molecular formula is C17H21N5O5. The summed E-state index contributed by atoms with van der Waals surface area (Å²) in [5.41, 5.74) is 11.7. The lowest BCUT2D eigenvalue weighted by atomic mass is 9.91. The molecule has 0 saturated heterocycles. The zero-order valence-corrected chi connectivity index (χ0v) is 14.8. The van der Waals surface area contributed by atoms with Gasteiger partial charge in [-0.15, -0.1) is 0 Å². The highest BCUT2D eigenvalue weighted by Gasteiger charge is 2.25. The third-order valence-electron chi connectivity index (χ3n) is 4.06. The maximum absolute atomic E-state index is 12.2. The van der Waals surface area contributed by atoms with E-state index in [2.05, 4.69) is 9.97 Å². The first-order valence-electron chi connectivity index (χ1n) is 8.35. The summed E-state index contributed by atoms with van der Waals surface area (Å²) in [5, 5.41) is 11.1. The van der Waals surface area contributed by atoms with Crippen LogP contribution >= 0.6 is 0 Å². The van der Waals surface area contributed by atoms with E-state index in [-0.39, 0.29) is 30.4 Å². The van der Waals surface area contributed by atoms with Crippen LogP contribution in [0.4, 0.5) is 11.8 Å². The first kappa shape index (κ1) is 19.9. The molecule has 5 N–H and O–H groups in total. The summed E-state index contributed by atoms with van der Waals surface area (Å²) in [6, 6.07) is 6.83. The number of aromatic nitrogens is 2. The van der Waals surface area contributed by atoms with Crippen LogP contribution in [0.15, 0.2) is 29.1 Å². The van der Waals surface area contributed by atoms with Crippen molar-refractivity contribution >= 4 is 17.7 Å². The van der Waals surface area contributed by atoms with E-state index in [1.54, 1.807) is 31.2 Å². The number of nitrogen functional groups attached to an aromatic ring is 2. The van der Waals surface area contributed by atoms with Crippen molar-refractivity contribution in [1.29, 1.82) is 0 Å². The Bertz CT molecular complexity index is 896. The quantitative estimate of drug-likeness (QED) is 0.350. The number of benzene rings is 1. The number of esters is 1. The molecule has 0 aliphatic carbocycles. The number of H-pyrrole nitrogens is 1. The Labute approximate surface area is 154 Å².